The van der Waals surface area contributed by atoms with Gasteiger partial charge in [-0.25, -0.2) is 0 Å². The summed E-state index contributed by atoms with van der Waals surface area (Å²) in [7, 11) is 1.86. The quantitative estimate of drug-likeness (QED) is 0.662. The van der Waals surface area contributed by atoms with Crippen molar-refractivity contribution in [3.05, 3.63) is 53.9 Å². The van der Waals surface area contributed by atoms with Crippen LogP contribution in [-0.4, -0.2) is 47.8 Å². The number of amides is 2. The van der Waals surface area contributed by atoms with Crippen LogP contribution in [0, 0.1) is 5.92 Å². The molecule has 3 rings (SSSR count). The molecule has 0 saturated carbocycles. The van der Waals surface area contributed by atoms with Crippen LogP contribution in [0.15, 0.2) is 42.7 Å². The summed E-state index contributed by atoms with van der Waals surface area (Å²) in [6.07, 6.45) is 4.51. The SMILES string of the molecule is Cn1cc([C@H]2CNC[C@@H]2C(=O)NCC(=O)NCCc2ccccc2)cn1. The van der Waals surface area contributed by atoms with Crippen LogP contribution in [0.4, 0.5) is 0 Å². The highest BCUT2D eigenvalue weighted by Crippen LogP contribution is 2.27. The molecule has 0 aliphatic carbocycles. The molecule has 2 amide bonds. The molecular formula is C19H25N5O2. The monoisotopic (exact) mass is 355 g/mol. The zero-order chi connectivity index (χ0) is 18.4. The number of hydrogen-bond acceptors (Lipinski definition) is 4. The van der Waals surface area contributed by atoms with Crippen LogP contribution < -0.4 is 16.0 Å². The lowest BCUT2D eigenvalue weighted by molar-refractivity contribution is -0.128. The highest BCUT2D eigenvalue weighted by molar-refractivity contribution is 5.86. The van der Waals surface area contributed by atoms with E-state index in [2.05, 4.69) is 21.0 Å². The molecule has 1 aliphatic heterocycles. The largest absolute Gasteiger partial charge is 0.354 e. The summed E-state index contributed by atoms with van der Waals surface area (Å²) >= 11 is 0. The van der Waals surface area contributed by atoms with Gasteiger partial charge in [-0.1, -0.05) is 30.3 Å². The molecule has 7 nitrogen and oxygen atoms in total. The Kier molecular flexibility index (Phi) is 6.01. The van der Waals surface area contributed by atoms with Gasteiger partial charge in [0.1, 0.15) is 0 Å². The lowest BCUT2D eigenvalue weighted by Gasteiger charge is -2.17. The van der Waals surface area contributed by atoms with Crippen molar-refractivity contribution in [3.63, 3.8) is 0 Å². The lowest BCUT2D eigenvalue weighted by atomic mass is 9.90. The van der Waals surface area contributed by atoms with E-state index >= 15 is 0 Å². The normalized spacial score (nSPS) is 19.3. The van der Waals surface area contributed by atoms with E-state index in [0.29, 0.717) is 13.1 Å². The summed E-state index contributed by atoms with van der Waals surface area (Å²) < 4.78 is 1.74. The van der Waals surface area contributed by atoms with Crippen LogP contribution in [0.3, 0.4) is 0 Å². The zero-order valence-electron chi connectivity index (χ0n) is 14.9. The second kappa shape index (κ2) is 8.62. The second-order valence-electron chi connectivity index (χ2n) is 6.62. The van der Waals surface area contributed by atoms with Gasteiger partial charge in [-0.05, 0) is 17.5 Å². The number of benzene rings is 1. The molecule has 1 aliphatic rings. The van der Waals surface area contributed by atoms with Crippen molar-refractivity contribution in [3.8, 4) is 0 Å². The first-order valence-electron chi connectivity index (χ1n) is 8.91. The molecular weight excluding hydrogens is 330 g/mol. The van der Waals surface area contributed by atoms with Gasteiger partial charge in [-0.3, -0.25) is 14.3 Å². The first-order valence-corrected chi connectivity index (χ1v) is 8.91. The zero-order valence-corrected chi connectivity index (χ0v) is 14.9. The fraction of sp³-hybridized carbons (Fsp3) is 0.421. The number of carbonyl (C=O) groups excluding carboxylic acids is 2. The Labute approximate surface area is 153 Å². The Balaban J connectivity index is 1.42. The Hall–Kier alpha value is -2.67. The molecule has 138 valence electrons. The summed E-state index contributed by atoms with van der Waals surface area (Å²) in [5.41, 5.74) is 2.22. The van der Waals surface area contributed by atoms with Crippen molar-refractivity contribution in [2.24, 2.45) is 13.0 Å². The van der Waals surface area contributed by atoms with E-state index in [4.69, 9.17) is 0 Å². The summed E-state index contributed by atoms with van der Waals surface area (Å²) in [4.78, 5) is 24.4. The number of hydrogen-bond donors (Lipinski definition) is 3. The van der Waals surface area contributed by atoms with E-state index in [0.717, 1.165) is 18.5 Å². The number of nitrogens with one attached hydrogen (secondary N) is 3. The molecule has 7 heteroatoms. The Morgan fingerprint density at radius 2 is 2.04 bits per heavy atom. The molecule has 2 atom stereocenters. The predicted molar refractivity (Wildman–Crippen MR) is 98.5 cm³/mol. The number of nitrogens with zero attached hydrogens (tertiary/aromatic N) is 2. The molecule has 1 saturated heterocycles. The second-order valence-corrected chi connectivity index (χ2v) is 6.62. The first-order chi connectivity index (χ1) is 12.6. The number of aromatic nitrogens is 2. The smallest absolute Gasteiger partial charge is 0.239 e. The summed E-state index contributed by atoms with van der Waals surface area (Å²) in [5, 5.41) is 13.0. The van der Waals surface area contributed by atoms with Crippen molar-refractivity contribution in [1.29, 1.82) is 0 Å². The highest BCUT2D eigenvalue weighted by Gasteiger charge is 2.34. The molecule has 3 N–H and O–H groups in total. The maximum absolute atomic E-state index is 12.5. The minimum absolute atomic E-state index is 0.00385. The topological polar surface area (TPSA) is 88.0 Å². The molecule has 0 bridgehead atoms. The van der Waals surface area contributed by atoms with E-state index in [1.165, 1.54) is 5.56 Å². The summed E-state index contributed by atoms with van der Waals surface area (Å²) in [6.45, 7) is 1.92. The van der Waals surface area contributed by atoms with Gasteiger partial charge in [0.05, 0.1) is 18.7 Å². The number of carbonyl (C=O) groups is 2. The number of rotatable bonds is 7. The van der Waals surface area contributed by atoms with Crippen LogP contribution in [0.2, 0.25) is 0 Å². The van der Waals surface area contributed by atoms with Crippen LogP contribution in [0.1, 0.15) is 17.0 Å². The lowest BCUT2D eigenvalue weighted by Crippen LogP contribution is -2.41. The minimum Gasteiger partial charge on any atom is -0.354 e. The van der Waals surface area contributed by atoms with E-state index < -0.39 is 0 Å². The molecule has 2 aromatic rings. The molecule has 0 radical (unpaired) electrons. The fourth-order valence-electron chi connectivity index (χ4n) is 3.29. The van der Waals surface area contributed by atoms with Crippen molar-refractivity contribution < 1.29 is 9.59 Å². The fourth-order valence-corrected chi connectivity index (χ4v) is 3.29. The highest BCUT2D eigenvalue weighted by atomic mass is 16.2. The molecule has 26 heavy (non-hydrogen) atoms. The average molecular weight is 355 g/mol. The molecule has 1 aromatic carbocycles. The third-order valence-corrected chi connectivity index (χ3v) is 4.71. The van der Waals surface area contributed by atoms with Crippen molar-refractivity contribution >= 4 is 11.8 Å². The molecule has 1 fully saturated rings. The van der Waals surface area contributed by atoms with Crippen LogP contribution in [0.25, 0.3) is 0 Å². The van der Waals surface area contributed by atoms with Crippen LogP contribution >= 0.6 is 0 Å². The van der Waals surface area contributed by atoms with Gasteiger partial charge in [0.25, 0.3) is 0 Å². The maximum Gasteiger partial charge on any atom is 0.239 e. The third-order valence-electron chi connectivity index (χ3n) is 4.71. The standard InChI is InChI=1S/C19H25N5O2/c1-24-13-15(9-23-24)16-10-20-11-17(16)19(26)22-12-18(25)21-8-7-14-5-3-2-4-6-14/h2-6,9,13,16-17,20H,7-8,10-12H2,1H3,(H,21,25)(H,22,26)/t16-,17+/m1/s1. The van der Waals surface area contributed by atoms with Crippen molar-refractivity contribution in [2.45, 2.75) is 12.3 Å². The van der Waals surface area contributed by atoms with E-state index in [1.54, 1.807) is 10.9 Å². The average Bonchev–Trinajstić information content (AvgIpc) is 3.29. The van der Waals surface area contributed by atoms with E-state index in [-0.39, 0.29) is 30.2 Å². The van der Waals surface area contributed by atoms with Gasteiger partial charge in [0.2, 0.25) is 11.8 Å². The van der Waals surface area contributed by atoms with Crippen LogP contribution in [0.5, 0.6) is 0 Å². The Bertz CT molecular complexity index is 743. The van der Waals surface area contributed by atoms with E-state index in [1.807, 2.05) is 43.6 Å². The third kappa shape index (κ3) is 4.70. The van der Waals surface area contributed by atoms with Crippen molar-refractivity contribution in [2.75, 3.05) is 26.2 Å². The van der Waals surface area contributed by atoms with Crippen LogP contribution in [-0.2, 0) is 23.1 Å². The molecule has 0 spiro atoms. The van der Waals surface area contributed by atoms with Gasteiger partial charge in [0.15, 0.2) is 0 Å². The van der Waals surface area contributed by atoms with Gasteiger partial charge in [0, 0.05) is 38.8 Å². The van der Waals surface area contributed by atoms with E-state index in [9.17, 15) is 9.59 Å². The Morgan fingerprint density at radius 1 is 1.23 bits per heavy atom. The first kappa shape index (κ1) is 18.1. The van der Waals surface area contributed by atoms with Crippen molar-refractivity contribution in [1.82, 2.24) is 25.7 Å². The molecule has 1 aromatic heterocycles. The maximum atomic E-state index is 12.5. The van der Waals surface area contributed by atoms with Gasteiger partial charge < -0.3 is 16.0 Å². The predicted octanol–water partition coefficient (Wildman–Crippen LogP) is 0.198. The summed E-state index contributed by atoms with van der Waals surface area (Å²) in [5.74, 6) is -0.360. The van der Waals surface area contributed by atoms with Gasteiger partial charge in [-0.15, -0.1) is 0 Å². The minimum atomic E-state index is -0.184. The van der Waals surface area contributed by atoms with Gasteiger partial charge in [-0.2, -0.15) is 5.10 Å². The number of aryl methyl sites for hydroxylation is 1. The van der Waals surface area contributed by atoms with Gasteiger partial charge >= 0.3 is 0 Å². The Morgan fingerprint density at radius 3 is 2.77 bits per heavy atom. The molecule has 0 unspecified atom stereocenters. The molecule has 2 heterocycles. The summed E-state index contributed by atoms with van der Waals surface area (Å²) in [6, 6.07) is 9.98.